The maximum Gasteiger partial charge on any atom is 0.331 e. The fourth-order valence-electron chi connectivity index (χ4n) is 0.658. The highest BCUT2D eigenvalue weighted by molar-refractivity contribution is 6.50. The van der Waals surface area contributed by atoms with Crippen molar-refractivity contribution in [3.05, 3.63) is 11.6 Å². The van der Waals surface area contributed by atoms with Crippen molar-refractivity contribution in [2.75, 3.05) is 13.2 Å². The molecule has 76 valence electrons. The molecule has 0 fully saturated rings. The predicted octanol–water partition coefficient (Wildman–Crippen LogP) is 2.23. The molecule has 0 aliphatic rings. The lowest BCUT2D eigenvalue weighted by Crippen LogP contribution is -2.19. The average Bonchev–Trinajstić information content (AvgIpc) is 2.00. The fraction of sp³-hybridized carbons (Fsp3) is 0.625. The van der Waals surface area contributed by atoms with Crippen molar-refractivity contribution in [1.29, 1.82) is 0 Å². The van der Waals surface area contributed by atoms with Crippen LogP contribution in [0.1, 0.15) is 13.8 Å². The Morgan fingerprint density at radius 2 is 2.15 bits per heavy atom. The van der Waals surface area contributed by atoms with E-state index in [2.05, 4.69) is 0 Å². The molecule has 0 rings (SSSR count). The Kier molecular flexibility index (Phi) is 5.37. The molecular weight excluding hydrogens is 215 g/mol. The smallest absolute Gasteiger partial charge is 0.331 e. The number of hydrogen-bond donors (Lipinski definition) is 1. The summed E-state index contributed by atoms with van der Waals surface area (Å²) < 4.78 is 3.71. The molecule has 0 amide bonds. The van der Waals surface area contributed by atoms with Gasteiger partial charge < -0.3 is 9.84 Å². The van der Waals surface area contributed by atoms with Gasteiger partial charge in [0, 0.05) is 12.2 Å². The van der Waals surface area contributed by atoms with Gasteiger partial charge in [-0.3, -0.25) is 0 Å². The van der Waals surface area contributed by atoms with Crippen LogP contribution >= 0.6 is 23.2 Å². The van der Waals surface area contributed by atoms with Gasteiger partial charge in [-0.15, -0.1) is 0 Å². The minimum Gasteiger partial charge on any atom is -0.478 e. The van der Waals surface area contributed by atoms with Gasteiger partial charge in [0.1, 0.15) is 0 Å². The number of hydrogen-bond acceptors (Lipinski definition) is 2. The fourth-order valence-corrected chi connectivity index (χ4v) is 1.14. The van der Waals surface area contributed by atoms with E-state index in [1.165, 1.54) is 13.0 Å². The molecule has 0 unspecified atom stereocenters. The summed E-state index contributed by atoms with van der Waals surface area (Å²) in [4.78, 5) is 10.4. The van der Waals surface area contributed by atoms with Gasteiger partial charge in [-0.25, -0.2) is 4.79 Å². The van der Waals surface area contributed by atoms with Crippen LogP contribution in [-0.4, -0.2) is 28.6 Å². The van der Waals surface area contributed by atoms with Crippen LogP contribution in [0.3, 0.4) is 0 Å². The minimum atomic E-state index is -1.27. The third-order valence-corrected chi connectivity index (χ3v) is 1.70. The predicted molar refractivity (Wildman–Crippen MR) is 52.3 cm³/mol. The molecule has 0 aromatic rings. The van der Waals surface area contributed by atoms with Gasteiger partial charge in [0.25, 0.3) is 0 Å². The van der Waals surface area contributed by atoms with Gasteiger partial charge >= 0.3 is 5.97 Å². The first-order valence-electron chi connectivity index (χ1n) is 3.77. The Labute approximate surface area is 87.3 Å². The summed E-state index contributed by atoms with van der Waals surface area (Å²) in [5.41, 5.74) is 0.102. The summed E-state index contributed by atoms with van der Waals surface area (Å²) >= 11 is 11.5. The first kappa shape index (κ1) is 12.8. The van der Waals surface area contributed by atoms with Gasteiger partial charge in [0.2, 0.25) is 0 Å². The molecule has 0 radical (unpaired) electrons. The highest BCUT2D eigenvalue weighted by Crippen LogP contribution is 2.24. The Morgan fingerprint density at radius 1 is 1.62 bits per heavy atom. The third kappa shape index (κ3) is 5.91. The van der Waals surface area contributed by atoms with E-state index in [9.17, 15) is 4.79 Å². The number of alkyl halides is 2. The molecule has 3 nitrogen and oxygen atoms in total. The number of rotatable bonds is 5. The molecule has 0 aromatic heterocycles. The van der Waals surface area contributed by atoms with Crippen LogP contribution in [0, 0.1) is 0 Å². The monoisotopic (exact) mass is 226 g/mol. The standard InChI is InChI=1S/C8H12Cl2O3/c1-3-13-5-8(9,10)4-6(2)7(11)12/h4H,3,5H2,1-2H3,(H,11,12). The first-order chi connectivity index (χ1) is 5.89. The summed E-state index contributed by atoms with van der Waals surface area (Å²) in [6.45, 7) is 3.80. The van der Waals surface area contributed by atoms with Crippen LogP contribution in [0.5, 0.6) is 0 Å². The van der Waals surface area contributed by atoms with E-state index in [1.807, 2.05) is 0 Å². The van der Waals surface area contributed by atoms with Crippen molar-refractivity contribution < 1.29 is 14.6 Å². The lowest BCUT2D eigenvalue weighted by atomic mass is 10.2. The van der Waals surface area contributed by atoms with Gasteiger partial charge in [-0.2, -0.15) is 0 Å². The van der Waals surface area contributed by atoms with Crippen molar-refractivity contribution >= 4 is 29.2 Å². The topological polar surface area (TPSA) is 46.5 Å². The van der Waals surface area contributed by atoms with Crippen LogP contribution < -0.4 is 0 Å². The van der Waals surface area contributed by atoms with E-state index in [0.29, 0.717) is 6.61 Å². The van der Waals surface area contributed by atoms with Crippen molar-refractivity contribution in [2.24, 2.45) is 0 Å². The number of carboxylic acid groups (broad SMARTS) is 1. The van der Waals surface area contributed by atoms with E-state index in [4.69, 9.17) is 33.0 Å². The molecule has 0 atom stereocenters. The molecule has 5 heteroatoms. The lowest BCUT2D eigenvalue weighted by Gasteiger charge is -2.14. The number of ether oxygens (including phenoxy) is 1. The molecule has 0 aliphatic carbocycles. The van der Waals surface area contributed by atoms with Crippen LogP contribution in [0.2, 0.25) is 0 Å². The van der Waals surface area contributed by atoms with E-state index in [0.717, 1.165) is 0 Å². The Balaban J connectivity index is 4.29. The molecule has 0 heterocycles. The first-order valence-corrected chi connectivity index (χ1v) is 4.53. The highest BCUT2D eigenvalue weighted by atomic mass is 35.5. The second-order valence-electron chi connectivity index (χ2n) is 2.53. The zero-order valence-electron chi connectivity index (χ0n) is 7.51. The largest absolute Gasteiger partial charge is 0.478 e. The number of carbonyl (C=O) groups is 1. The Morgan fingerprint density at radius 3 is 2.54 bits per heavy atom. The normalized spacial score (nSPS) is 13.1. The summed E-state index contributed by atoms with van der Waals surface area (Å²) in [5, 5.41) is 8.54. The summed E-state index contributed by atoms with van der Waals surface area (Å²) in [5.74, 6) is -1.04. The van der Waals surface area contributed by atoms with Crippen LogP contribution in [0.15, 0.2) is 11.6 Å². The lowest BCUT2D eigenvalue weighted by molar-refractivity contribution is -0.132. The Bertz CT molecular complexity index is 211. The van der Waals surface area contributed by atoms with Crippen LogP contribution in [0.4, 0.5) is 0 Å². The summed E-state index contributed by atoms with van der Waals surface area (Å²) in [6.07, 6.45) is 1.26. The van der Waals surface area contributed by atoms with Gasteiger partial charge in [-0.1, -0.05) is 23.2 Å². The van der Waals surface area contributed by atoms with Crippen molar-refractivity contribution in [1.82, 2.24) is 0 Å². The summed E-state index contributed by atoms with van der Waals surface area (Å²) in [6, 6.07) is 0. The molecule has 0 bridgehead atoms. The molecular formula is C8H12Cl2O3. The van der Waals surface area contributed by atoms with Crippen molar-refractivity contribution in [2.45, 2.75) is 18.2 Å². The molecule has 13 heavy (non-hydrogen) atoms. The average molecular weight is 227 g/mol. The van der Waals surface area contributed by atoms with Crippen LogP contribution in [-0.2, 0) is 9.53 Å². The van der Waals surface area contributed by atoms with Gasteiger partial charge in [0.05, 0.1) is 6.61 Å². The molecule has 0 saturated carbocycles. The molecule has 0 spiro atoms. The Hall–Kier alpha value is -0.250. The zero-order chi connectivity index (χ0) is 10.5. The second kappa shape index (κ2) is 5.47. The SMILES string of the molecule is CCOCC(Cl)(Cl)C=C(C)C(=O)O. The van der Waals surface area contributed by atoms with E-state index in [1.54, 1.807) is 6.92 Å². The van der Waals surface area contributed by atoms with Gasteiger partial charge in [-0.05, 0) is 19.9 Å². The molecule has 0 aromatic carbocycles. The number of halogens is 2. The summed E-state index contributed by atoms with van der Waals surface area (Å²) in [7, 11) is 0. The van der Waals surface area contributed by atoms with Crippen molar-refractivity contribution in [3.63, 3.8) is 0 Å². The maximum absolute atomic E-state index is 10.4. The van der Waals surface area contributed by atoms with Crippen LogP contribution in [0.25, 0.3) is 0 Å². The number of aliphatic carboxylic acids is 1. The van der Waals surface area contributed by atoms with E-state index in [-0.39, 0.29) is 12.2 Å². The quantitative estimate of drug-likeness (QED) is 0.578. The molecule has 0 aliphatic heterocycles. The third-order valence-electron chi connectivity index (χ3n) is 1.26. The molecule has 0 saturated heterocycles. The van der Waals surface area contributed by atoms with E-state index >= 15 is 0 Å². The highest BCUT2D eigenvalue weighted by Gasteiger charge is 2.22. The maximum atomic E-state index is 10.4. The van der Waals surface area contributed by atoms with Crippen molar-refractivity contribution in [3.8, 4) is 0 Å². The minimum absolute atomic E-state index is 0.0806. The van der Waals surface area contributed by atoms with Gasteiger partial charge in [0.15, 0.2) is 4.33 Å². The zero-order valence-corrected chi connectivity index (χ0v) is 9.02. The molecule has 1 N–H and O–H groups in total. The second-order valence-corrected chi connectivity index (χ2v) is 4.07. The van der Waals surface area contributed by atoms with E-state index < -0.39 is 10.3 Å². The number of carboxylic acids is 1.